The van der Waals surface area contributed by atoms with Gasteiger partial charge in [-0.05, 0) is 69.2 Å². The van der Waals surface area contributed by atoms with E-state index in [2.05, 4.69) is 15.8 Å². The van der Waals surface area contributed by atoms with Gasteiger partial charge >= 0.3 is 12.3 Å². The number of nitrogens with one attached hydrogen (secondary N) is 2. The zero-order valence-electron chi connectivity index (χ0n) is 27.9. The van der Waals surface area contributed by atoms with Crippen LogP contribution in [0, 0.1) is 0 Å². The topological polar surface area (TPSA) is 135 Å². The molecule has 2 aliphatic heterocycles. The monoisotopic (exact) mass is 716 g/mol. The van der Waals surface area contributed by atoms with Crippen LogP contribution in [0.2, 0.25) is 5.02 Å². The zero-order chi connectivity index (χ0) is 36.0. The summed E-state index contributed by atoms with van der Waals surface area (Å²) in [5.74, 6) is 0.540. The Balaban J connectivity index is 1.35. The maximum absolute atomic E-state index is 14.2. The summed E-state index contributed by atoms with van der Waals surface area (Å²) in [6, 6.07) is 8.19. The Kier molecular flexibility index (Phi) is 9.43. The quantitative estimate of drug-likeness (QED) is 0.273. The number of aromatic nitrogens is 4. The highest BCUT2D eigenvalue weighted by molar-refractivity contribution is 6.33. The molecule has 0 bridgehead atoms. The summed E-state index contributed by atoms with van der Waals surface area (Å²) >= 11 is 6.13. The number of fused-ring (bicyclic) bond motifs is 2. The predicted octanol–water partition coefficient (Wildman–Crippen LogP) is 4.93. The van der Waals surface area contributed by atoms with Gasteiger partial charge in [0.15, 0.2) is 5.82 Å². The molecule has 4 aromatic rings. The number of benzene rings is 2. The molecule has 0 atom stereocenters. The first kappa shape index (κ1) is 35.0. The second-order valence-corrected chi connectivity index (χ2v) is 13.3. The molecule has 4 heterocycles. The maximum atomic E-state index is 14.2. The number of rotatable bonds is 7. The van der Waals surface area contributed by atoms with Crippen LogP contribution in [-0.2, 0) is 35.1 Å². The molecule has 0 radical (unpaired) electrons. The predicted molar refractivity (Wildman–Crippen MR) is 179 cm³/mol. The highest BCUT2D eigenvalue weighted by Gasteiger charge is 2.32. The Labute approximate surface area is 289 Å². The number of anilines is 2. The smallest absolute Gasteiger partial charge is 0.422 e. The largest absolute Gasteiger partial charge is 0.493 e. The Bertz CT molecular complexity index is 2020. The van der Waals surface area contributed by atoms with E-state index in [1.807, 2.05) is 24.0 Å². The van der Waals surface area contributed by atoms with Crippen LogP contribution in [0.4, 0.5) is 29.3 Å². The number of carbonyl (C=O) groups excluding carboxylic acids is 2. The van der Waals surface area contributed by atoms with Gasteiger partial charge < -0.3 is 24.3 Å². The van der Waals surface area contributed by atoms with Crippen molar-refractivity contribution >= 4 is 40.8 Å². The molecule has 0 aliphatic carbocycles. The highest BCUT2D eigenvalue weighted by atomic mass is 35.5. The minimum absolute atomic E-state index is 0.00358. The summed E-state index contributed by atoms with van der Waals surface area (Å²) in [4.78, 5) is 46.7. The van der Waals surface area contributed by atoms with Gasteiger partial charge in [-0.25, -0.2) is 9.80 Å². The molecule has 0 spiro atoms. The Morgan fingerprint density at radius 1 is 1.06 bits per heavy atom. The summed E-state index contributed by atoms with van der Waals surface area (Å²) in [6.07, 6.45) is -4.15. The molecule has 17 heteroatoms. The summed E-state index contributed by atoms with van der Waals surface area (Å²) in [6.45, 7) is 8.79. The molecule has 6 rings (SSSR count). The second kappa shape index (κ2) is 13.5. The van der Waals surface area contributed by atoms with Crippen molar-refractivity contribution in [3.63, 3.8) is 0 Å². The summed E-state index contributed by atoms with van der Waals surface area (Å²) in [5.41, 5.74) is 3.14. The van der Waals surface area contributed by atoms with Crippen LogP contribution in [0.15, 0.2) is 41.2 Å². The average Bonchev–Trinajstić information content (AvgIpc) is 3.70. The van der Waals surface area contributed by atoms with Crippen molar-refractivity contribution in [1.82, 2.24) is 29.6 Å². The number of nitrogens with zero attached hydrogens (tertiary/aromatic N) is 6. The van der Waals surface area contributed by atoms with Gasteiger partial charge in [0.1, 0.15) is 23.6 Å². The van der Waals surface area contributed by atoms with Crippen LogP contribution >= 0.6 is 11.6 Å². The number of amides is 2. The molecule has 2 aliphatic rings. The molecule has 266 valence electrons. The third-order valence-electron chi connectivity index (χ3n) is 8.22. The molecule has 13 nitrogen and oxygen atoms in total. The fourth-order valence-electron chi connectivity index (χ4n) is 5.98. The van der Waals surface area contributed by atoms with Crippen molar-refractivity contribution in [2.75, 3.05) is 43.0 Å². The third kappa shape index (κ3) is 7.35. The van der Waals surface area contributed by atoms with Crippen molar-refractivity contribution in [1.29, 1.82) is 0 Å². The van der Waals surface area contributed by atoms with E-state index in [1.165, 1.54) is 0 Å². The van der Waals surface area contributed by atoms with Gasteiger partial charge in [-0.2, -0.15) is 22.7 Å². The Hall–Kier alpha value is -4.83. The van der Waals surface area contributed by atoms with E-state index < -0.39 is 34.9 Å². The van der Waals surface area contributed by atoms with Crippen molar-refractivity contribution in [3.8, 4) is 17.1 Å². The van der Waals surface area contributed by atoms with E-state index in [1.54, 1.807) is 36.4 Å². The van der Waals surface area contributed by atoms with Crippen LogP contribution in [-0.4, -0.2) is 74.6 Å². The summed E-state index contributed by atoms with van der Waals surface area (Å²) < 4.78 is 53.3. The molecule has 0 saturated carbocycles. The molecule has 2 aromatic carbocycles. The number of halogens is 4. The summed E-state index contributed by atoms with van der Waals surface area (Å²) in [7, 11) is 0. The van der Waals surface area contributed by atoms with Crippen molar-refractivity contribution in [2.45, 2.75) is 58.9 Å². The number of hydrogen-bond donors (Lipinski definition) is 2. The number of carbonyl (C=O) groups is 2. The molecule has 1 fully saturated rings. The molecular weight excluding hydrogens is 681 g/mol. The average molecular weight is 717 g/mol. The molecule has 2 N–H and O–H groups in total. The molecular formula is C33H36ClF3N8O5. The van der Waals surface area contributed by atoms with Gasteiger partial charge in [0.05, 0.1) is 28.6 Å². The highest BCUT2D eigenvalue weighted by Crippen LogP contribution is 2.34. The number of alkyl halides is 3. The van der Waals surface area contributed by atoms with Gasteiger partial charge in [-0.3, -0.25) is 15.0 Å². The molecule has 50 heavy (non-hydrogen) atoms. The Morgan fingerprint density at radius 3 is 2.46 bits per heavy atom. The van der Waals surface area contributed by atoms with E-state index in [0.717, 1.165) is 40.4 Å². The maximum Gasteiger partial charge on any atom is 0.422 e. The third-order valence-corrected chi connectivity index (χ3v) is 8.54. The van der Waals surface area contributed by atoms with Crippen molar-refractivity contribution in [2.24, 2.45) is 0 Å². The van der Waals surface area contributed by atoms with Crippen LogP contribution in [0.1, 0.15) is 44.5 Å². The van der Waals surface area contributed by atoms with Gasteiger partial charge in [0.25, 0.3) is 5.56 Å². The second-order valence-electron chi connectivity index (χ2n) is 12.9. The minimum Gasteiger partial charge on any atom is -0.493 e. The van der Waals surface area contributed by atoms with Crippen molar-refractivity contribution in [3.05, 3.63) is 68.6 Å². The van der Waals surface area contributed by atoms with Gasteiger partial charge in [-0.1, -0.05) is 18.5 Å². The van der Waals surface area contributed by atoms with Crippen LogP contribution in [0.5, 0.6) is 5.75 Å². The fourth-order valence-corrected chi connectivity index (χ4v) is 6.20. The van der Waals surface area contributed by atoms with Gasteiger partial charge in [-0.15, -0.1) is 5.10 Å². The SMILES string of the molecule is CCc1c(N2CCN(NC(=O)OC(C)(C)C)CC2)c(=O)n2nc(-c3ccc4c(c3)CCO4)nc2n1CC(=O)Nc1ccc(C(F)(F)F)cc1Cl. The van der Waals surface area contributed by atoms with E-state index in [9.17, 15) is 27.6 Å². The fraction of sp³-hybridized carbons (Fsp3) is 0.424. The van der Waals surface area contributed by atoms with E-state index in [0.29, 0.717) is 56.2 Å². The normalized spacial score (nSPS) is 15.2. The molecule has 2 aromatic heterocycles. The van der Waals surface area contributed by atoms with Gasteiger partial charge in [0.2, 0.25) is 11.7 Å². The zero-order valence-corrected chi connectivity index (χ0v) is 28.6. The van der Waals surface area contributed by atoms with E-state index in [4.69, 9.17) is 26.1 Å². The van der Waals surface area contributed by atoms with Crippen molar-refractivity contribution < 1.29 is 32.2 Å². The lowest BCUT2D eigenvalue weighted by Crippen LogP contribution is -2.55. The first-order valence-corrected chi connectivity index (χ1v) is 16.4. The van der Waals surface area contributed by atoms with E-state index in [-0.39, 0.29) is 28.9 Å². The van der Waals surface area contributed by atoms with E-state index >= 15 is 0 Å². The Morgan fingerprint density at radius 2 is 1.80 bits per heavy atom. The molecule has 0 unspecified atom stereocenters. The first-order valence-electron chi connectivity index (χ1n) is 16.1. The lowest BCUT2D eigenvalue weighted by Gasteiger charge is -2.36. The number of ether oxygens (including phenoxy) is 2. The number of hydrogen-bond acceptors (Lipinski definition) is 9. The standard InChI is InChI=1S/C33H36ClF3N8O5/c1-5-24-27(42-11-13-43(14-12-42)41-31(48)50-32(2,3)4)29(47)45-30(39-28(40-45)20-6-9-25-19(16-20)10-15-49-25)44(24)18-26(46)38-23-8-7-21(17-22(23)34)33(35,36)37/h6-9,16-17H,5,10-15,18H2,1-4H3,(H,38,46)(H,41,48). The summed E-state index contributed by atoms with van der Waals surface area (Å²) in [5, 5.41) is 8.61. The van der Waals surface area contributed by atoms with Gasteiger partial charge in [0, 0.05) is 38.2 Å². The first-order chi connectivity index (χ1) is 23.6. The number of piperazine rings is 1. The van der Waals surface area contributed by atoms with Crippen LogP contribution in [0.3, 0.4) is 0 Å². The van der Waals surface area contributed by atoms with Crippen LogP contribution in [0.25, 0.3) is 17.2 Å². The lowest BCUT2D eigenvalue weighted by molar-refractivity contribution is -0.137. The number of hydrazine groups is 1. The lowest BCUT2D eigenvalue weighted by atomic mass is 10.1. The minimum atomic E-state index is -4.60. The molecule has 1 saturated heterocycles. The molecule has 2 amide bonds. The van der Waals surface area contributed by atoms with Crippen LogP contribution < -0.4 is 25.9 Å².